The molecule has 0 aliphatic carbocycles. The van der Waals surface area contributed by atoms with Gasteiger partial charge in [0, 0.05) is 58.1 Å². The summed E-state index contributed by atoms with van der Waals surface area (Å²) in [6, 6.07) is 97.3. The first-order valence-electron chi connectivity index (χ1n) is 27.8. The zero-order valence-electron chi connectivity index (χ0n) is 46.2. The van der Waals surface area contributed by atoms with E-state index in [1.54, 1.807) is 0 Å². The zero-order chi connectivity index (χ0) is 54.0. The van der Waals surface area contributed by atoms with Crippen LogP contribution in [-0.2, 0) is 10.8 Å². The van der Waals surface area contributed by atoms with E-state index in [2.05, 4.69) is 324 Å². The van der Waals surface area contributed by atoms with Crippen molar-refractivity contribution in [1.82, 2.24) is 0 Å². The van der Waals surface area contributed by atoms with Crippen LogP contribution in [0.5, 0.6) is 0 Å². The van der Waals surface area contributed by atoms with Crippen LogP contribution in [-0.4, -0.2) is 13.8 Å². The lowest BCUT2D eigenvalue weighted by Gasteiger charge is -2.45. The van der Waals surface area contributed by atoms with Crippen molar-refractivity contribution in [3.8, 4) is 55.6 Å². The molecule has 2 aliphatic heterocycles. The van der Waals surface area contributed by atoms with Crippen LogP contribution in [0.3, 0.4) is 0 Å². The number of benzene rings is 11. The van der Waals surface area contributed by atoms with Gasteiger partial charge < -0.3 is 14.7 Å². The Morgan fingerprint density at radius 3 is 1.06 bits per heavy atom. The van der Waals surface area contributed by atoms with Crippen molar-refractivity contribution in [2.45, 2.75) is 52.4 Å². The zero-order valence-corrected chi connectivity index (χ0v) is 46.2. The van der Waals surface area contributed by atoms with E-state index in [1.807, 2.05) is 0 Å². The fraction of sp³-hybridized carbons (Fsp3) is 0.120. The molecule has 2 heterocycles. The van der Waals surface area contributed by atoms with E-state index in [1.165, 1.54) is 83.4 Å². The van der Waals surface area contributed by atoms with Crippen LogP contribution in [0.25, 0.3) is 55.6 Å². The minimum absolute atomic E-state index is 0.00706. The van der Waals surface area contributed by atoms with Crippen LogP contribution >= 0.6 is 0 Å². The summed E-state index contributed by atoms with van der Waals surface area (Å²) < 4.78 is 0. The van der Waals surface area contributed by atoms with Gasteiger partial charge in [-0.15, -0.1) is 0 Å². The summed E-state index contributed by atoms with van der Waals surface area (Å²) in [5.74, 6) is 0. The molecule has 11 aromatic carbocycles. The summed E-state index contributed by atoms with van der Waals surface area (Å²) in [6.07, 6.45) is 0. The van der Waals surface area contributed by atoms with Crippen molar-refractivity contribution in [3.05, 3.63) is 272 Å². The van der Waals surface area contributed by atoms with Gasteiger partial charge in [0.15, 0.2) is 0 Å². The summed E-state index contributed by atoms with van der Waals surface area (Å²) in [6.45, 7) is 13.7. The number of hydrogen-bond acceptors (Lipinski definition) is 3. The minimum Gasteiger partial charge on any atom is -0.344 e. The fourth-order valence-corrected chi connectivity index (χ4v) is 12.1. The van der Waals surface area contributed by atoms with Gasteiger partial charge >= 0.3 is 0 Å². The van der Waals surface area contributed by atoms with Crippen LogP contribution in [0.15, 0.2) is 261 Å². The number of rotatable bonds is 9. The molecule has 4 heteroatoms. The second-order valence-electron chi connectivity index (χ2n) is 23.5. The van der Waals surface area contributed by atoms with Crippen molar-refractivity contribution < 1.29 is 0 Å². The molecule has 382 valence electrons. The van der Waals surface area contributed by atoms with Gasteiger partial charge in [-0.2, -0.15) is 0 Å². The van der Waals surface area contributed by atoms with Crippen molar-refractivity contribution in [2.24, 2.45) is 0 Å². The Morgan fingerprint density at radius 2 is 0.658 bits per heavy atom. The molecule has 0 amide bonds. The van der Waals surface area contributed by atoms with E-state index in [0.29, 0.717) is 0 Å². The van der Waals surface area contributed by atoms with Crippen LogP contribution in [0.1, 0.15) is 52.7 Å². The Labute approximate surface area is 467 Å². The maximum atomic E-state index is 2.56. The van der Waals surface area contributed by atoms with Crippen LogP contribution in [0.2, 0.25) is 0 Å². The van der Waals surface area contributed by atoms with E-state index < -0.39 is 0 Å². The van der Waals surface area contributed by atoms with Crippen molar-refractivity contribution in [3.63, 3.8) is 0 Å². The largest absolute Gasteiger partial charge is 0.344 e. The standard InChI is InChI=1S/C75H64BN3/c1-74(2,3)60-35-39-62(40-36-60)78-68-44-33-57(52-22-14-9-15-23-52)46-66(68)76-67-47-58(53-24-16-10-17-25-53)34-45-69(67)79(63-41-37-61(38-42-63)75(4,5)6)72-50-64(49-71(78)73(72)76)77(7)70-48-59(54-26-18-11-19-27-54)32-43-65(70)56-30-28-55(29-31-56)51-20-12-8-13-21-51/h8-50H,1-7H3. The third-order valence-electron chi connectivity index (χ3n) is 16.4. The number of fused-ring (bicyclic) bond motifs is 4. The predicted molar refractivity (Wildman–Crippen MR) is 340 cm³/mol. The topological polar surface area (TPSA) is 9.72 Å². The molecular formula is C75H64BN3. The molecule has 0 bridgehead atoms. The highest BCUT2D eigenvalue weighted by Gasteiger charge is 2.44. The summed E-state index contributed by atoms with van der Waals surface area (Å²) in [4.78, 5) is 7.54. The molecule has 0 atom stereocenters. The lowest BCUT2D eigenvalue weighted by atomic mass is 9.33. The summed E-state index contributed by atoms with van der Waals surface area (Å²) in [5, 5.41) is 0. The van der Waals surface area contributed by atoms with E-state index >= 15 is 0 Å². The van der Waals surface area contributed by atoms with Crippen molar-refractivity contribution in [1.29, 1.82) is 0 Å². The minimum atomic E-state index is -0.100. The average molecular weight is 1020 g/mol. The summed E-state index contributed by atoms with van der Waals surface area (Å²) >= 11 is 0. The smallest absolute Gasteiger partial charge is 0.252 e. The van der Waals surface area contributed by atoms with Crippen molar-refractivity contribution >= 4 is 68.6 Å². The summed E-state index contributed by atoms with van der Waals surface area (Å²) in [5.41, 5.74) is 27.4. The molecule has 79 heavy (non-hydrogen) atoms. The van der Waals surface area contributed by atoms with Gasteiger partial charge in [-0.3, -0.25) is 0 Å². The van der Waals surface area contributed by atoms with Crippen molar-refractivity contribution in [2.75, 3.05) is 21.7 Å². The first-order chi connectivity index (χ1) is 38.4. The fourth-order valence-electron chi connectivity index (χ4n) is 12.1. The number of nitrogens with zero attached hydrogens (tertiary/aromatic N) is 3. The van der Waals surface area contributed by atoms with Gasteiger partial charge in [-0.1, -0.05) is 248 Å². The molecule has 0 spiro atoms. The van der Waals surface area contributed by atoms with Crippen LogP contribution in [0, 0.1) is 0 Å². The molecule has 0 N–H and O–H groups in total. The maximum absolute atomic E-state index is 2.56. The lowest BCUT2D eigenvalue weighted by molar-refractivity contribution is 0.590. The predicted octanol–water partition coefficient (Wildman–Crippen LogP) is 18.5. The third-order valence-corrected chi connectivity index (χ3v) is 16.4. The molecule has 13 rings (SSSR count). The Morgan fingerprint density at radius 1 is 0.316 bits per heavy atom. The van der Waals surface area contributed by atoms with Crippen LogP contribution in [0.4, 0.5) is 45.5 Å². The number of anilines is 8. The highest BCUT2D eigenvalue weighted by molar-refractivity contribution is 7.00. The Hall–Kier alpha value is -9.12. The molecule has 0 radical (unpaired) electrons. The van der Waals surface area contributed by atoms with Gasteiger partial charge in [0.2, 0.25) is 0 Å². The van der Waals surface area contributed by atoms with Gasteiger partial charge in [0.25, 0.3) is 6.71 Å². The molecule has 0 unspecified atom stereocenters. The third kappa shape index (κ3) is 9.11. The average Bonchev–Trinajstić information content (AvgIpc) is 3.64. The SMILES string of the molecule is CN(c1cc2c3c(c1)N(c1ccc(C(C)(C)C)cc1)c1ccc(-c4ccccc4)cc1B3c1cc(-c3ccccc3)ccc1N2c1ccc(C(C)(C)C)cc1)c1cc(-c2ccccc2)ccc1-c1ccc(-c2ccccc2)cc1. The Balaban J connectivity index is 1.09. The molecule has 2 aliphatic rings. The molecule has 0 fully saturated rings. The van der Waals surface area contributed by atoms with Gasteiger partial charge in [-0.25, -0.2) is 0 Å². The first kappa shape index (κ1) is 49.5. The maximum Gasteiger partial charge on any atom is 0.252 e. The molecule has 0 aromatic heterocycles. The van der Waals surface area contributed by atoms with E-state index in [9.17, 15) is 0 Å². The molecule has 11 aromatic rings. The first-order valence-corrected chi connectivity index (χ1v) is 27.8. The normalized spacial score (nSPS) is 12.7. The van der Waals surface area contributed by atoms with Crippen LogP contribution < -0.4 is 31.1 Å². The second-order valence-corrected chi connectivity index (χ2v) is 23.5. The van der Waals surface area contributed by atoms with Gasteiger partial charge in [0.05, 0.1) is 0 Å². The van der Waals surface area contributed by atoms with E-state index in [-0.39, 0.29) is 17.5 Å². The highest BCUT2D eigenvalue weighted by atomic mass is 15.2. The molecule has 3 nitrogen and oxygen atoms in total. The van der Waals surface area contributed by atoms with Gasteiger partial charge in [0.1, 0.15) is 0 Å². The Kier molecular flexibility index (Phi) is 12.3. The Bertz CT molecular complexity index is 3840. The molecule has 0 saturated heterocycles. The molecule has 0 saturated carbocycles. The number of hydrogen-bond donors (Lipinski definition) is 0. The van der Waals surface area contributed by atoms with E-state index in [0.717, 1.165) is 45.3 Å². The lowest BCUT2D eigenvalue weighted by Crippen LogP contribution is -2.61. The van der Waals surface area contributed by atoms with Gasteiger partial charge in [-0.05, 0) is 143 Å². The molecular weight excluding hydrogens is 954 g/mol. The summed E-state index contributed by atoms with van der Waals surface area (Å²) in [7, 11) is 2.26. The monoisotopic (exact) mass is 1020 g/mol. The quantitative estimate of drug-likeness (QED) is 0.133. The van der Waals surface area contributed by atoms with E-state index in [4.69, 9.17) is 0 Å². The highest BCUT2D eigenvalue weighted by Crippen LogP contribution is 2.49. The second kappa shape index (κ2) is 19.7.